The third-order valence-corrected chi connectivity index (χ3v) is 2.91. The maximum absolute atomic E-state index is 11.5. The Bertz CT molecular complexity index is 345. The molecule has 1 aromatic rings. The molecule has 0 saturated carbocycles. The predicted octanol–water partition coefficient (Wildman–Crippen LogP) is 2.74. The quantitative estimate of drug-likeness (QED) is 0.620. The number of ether oxygens (including phenoxy) is 1. The fourth-order valence-electron chi connectivity index (χ4n) is 1.25. The Balaban J connectivity index is 3.09. The number of benzene rings is 1. The first kappa shape index (κ1) is 11.5. The zero-order valence-corrected chi connectivity index (χ0v) is 10.7. The second-order valence-corrected chi connectivity index (χ2v) is 4.87. The number of carbonyl (C=O) groups is 1. The molecule has 0 fully saturated rings. The summed E-state index contributed by atoms with van der Waals surface area (Å²) in [6.45, 7) is 3.73. The first-order valence-corrected chi connectivity index (χ1v) is 5.41. The lowest BCUT2D eigenvalue weighted by Gasteiger charge is -2.21. The van der Waals surface area contributed by atoms with Crippen molar-refractivity contribution >= 4 is 28.6 Å². The first-order chi connectivity index (χ1) is 6.48. The van der Waals surface area contributed by atoms with Crippen molar-refractivity contribution in [2.75, 3.05) is 7.11 Å². The average molecular weight is 304 g/mol. The molecule has 76 valence electrons. The van der Waals surface area contributed by atoms with Gasteiger partial charge in [0.1, 0.15) is 0 Å². The van der Waals surface area contributed by atoms with Gasteiger partial charge in [-0.2, -0.15) is 0 Å². The van der Waals surface area contributed by atoms with Gasteiger partial charge in [-0.1, -0.05) is 12.1 Å². The van der Waals surface area contributed by atoms with Gasteiger partial charge in [-0.05, 0) is 54.1 Å². The van der Waals surface area contributed by atoms with Gasteiger partial charge in [-0.25, -0.2) is 0 Å². The van der Waals surface area contributed by atoms with Crippen molar-refractivity contribution in [2.24, 2.45) is 0 Å². The largest absolute Gasteiger partial charge is 0.468 e. The average Bonchev–Trinajstić information content (AvgIpc) is 2.16. The van der Waals surface area contributed by atoms with Crippen LogP contribution >= 0.6 is 22.6 Å². The normalized spacial score (nSPS) is 11.1. The second kappa shape index (κ2) is 4.29. The molecule has 1 rings (SSSR count). The number of carbonyl (C=O) groups excluding carboxylic acids is 1. The molecule has 0 N–H and O–H groups in total. The molecule has 0 heterocycles. The molecule has 2 nitrogen and oxygen atoms in total. The molecule has 0 atom stereocenters. The van der Waals surface area contributed by atoms with Crippen LogP contribution in [0.3, 0.4) is 0 Å². The van der Waals surface area contributed by atoms with Crippen LogP contribution in [0.15, 0.2) is 24.3 Å². The van der Waals surface area contributed by atoms with Gasteiger partial charge in [0.05, 0.1) is 12.5 Å². The zero-order valence-electron chi connectivity index (χ0n) is 8.50. The van der Waals surface area contributed by atoms with Crippen LogP contribution in [0.5, 0.6) is 0 Å². The molecular weight excluding hydrogens is 291 g/mol. The third-order valence-electron chi connectivity index (χ3n) is 2.24. The second-order valence-electron chi connectivity index (χ2n) is 3.63. The van der Waals surface area contributed by atoms with Crippen LogP contribution in [0, 0.1) is 3.57 Å². The third kappa shape index (κ3) is 2.26. The minimum absolute atomic E-state index is 0.209. The summed E-state index contributed by atoms with van der Waals surface area (Å²) in [7, 11) is 1.41. The van der Waals surface area contributed by atoms with Gasteiger partial charge in [0, 0.05) is 3.57 Å². The van der Waals surface area contributed by atoms with Crippen molar-refractivity contribution in [3.63, 3.8) is 0 Å². The van der Waals surface area contributed by atoms with Crippen LogP contribution in [0.1, 0.15) is 19.4 Å². The van der Waals surface area contributed by atoms with E-state index in [-0.39, 0.29) is 5.97 Å². The number of methoxy groups -OCH3 is 1. The van der Waals surface area contributed by atoms with E-state index in [1.165, 1.54) is 7.11 Å². The molecule has 0 aromatic heterocycles. The number of esters is 1. The molecule has 0 spiro atoms. The summed E-state index contributed by atoms with van der Waals surface area (Å²) < 4.78 is 5.89. The maximum atomic E-state index is 11.5. The minimum atomic E-state index is -0.573. The van der Waals surface area contributed by atoms with Crippen molar-refractivity contribution < 1.29 is 9.53 Å². The highest BCUT2D eigenvalue weighted by molar-refractivity contribution is 14.1. The molecule has 1 aromatic carbocycles. The minimum Gasteiger partial charge on any atom is -0.468 e. The Kier molecular flexibility index (Phi) is 3.53. The summed E-state index contributed by atoms with van der Waals surface area (Å²) in [5, 5.41) is 0. The van der Waals surface area contributed by atoms with Gasteiger partial charge in [-0.3, -0.25) is 4.79 Å². The van der Waals surface area contributed by atoms with Crippen molar-refractivity contribution in [2.45, 2.75) is 19.3 Å². The molecule has 3 heteroatoms. The summed E-state index contributed by atoms with van der Waals surface area (Å²) >= 11 is 2.23. The highest BCUT2D eigenvalue weighted by Gasteiger charge is 2.30. The fourth-order valence-corrected chi connectivity index (χ4v) is 1.79. The van der Waals surface area contributed by atoms with Crippen LogP contribution in [-0.2, 0) is 14.9 Å². The van der Waals surface area contributed by atoms with E-state index in [0.29, 0.717) is 0 Å². The van der Waals surface area contributed by atoms with Crippen molar-refractivity contribution in [1.29, 1.82) is 0 Å². The summed E-state index contributed by atoms with van der Waals surface area (Å²) in [5.74, 6) is -0.209. The number of rotatable bonds is 2. The number of halogens is 1. The lowest BCUT2D eigenvalue weighted by Crippen LogP contribution is -2.30. The fraction of sp³-hybridized carbons (Fsp3) is 0.364. The van der Waals surface area contributed by atoms with Crippen LogP contribution < -0.4 is 0 Å². The highest BCUT2D eigenvalue weighted by atomic mass is 127. The Morgan fingerprint density at radius 3 is 2.57 bits per heavy atom. The first-order valence-electron chi connectivity index (χ1n) is 4.33. The Hall–Kier alpha value is -0.580. The number of hydrogen-bond acceptors (Lipinski definition) is 2. The zero-order chi connectivity index (χ0) is 10.8. The van der Waals surface area contributed by atoms with Crippen molar-refractivity contribution in [3.05, 3.63) is 33.4 Å². The van der Waals surface area contributed by atoms with E-state index in [9.17, 15) is 4.79 Å². The molecule has 0 aliphatic rings. The lowest BCUT2D eigenvalue weighted by molar-refractivity contribution is -0.146. The van der Waals surface area contributed by atoms with Crippen LogP contribution in [0.2, 0.25) is 0 Å². The van der Waals surface area contributed by atoms with E-state index in [2.05, 4.69) is 22.6 Å². The summed E-state index contributed by atoms with van der Waals surface area (Å²) in [6, 6.07) is 7.88. The van der Waals surface area contributed by atoms with E-state index in [1.807, 2.05) is 38.1 Å². The van der Waals surface area contributed by atoms with E-state index >= 15 is 0 Å². The highest BCUT2D eigenvalue weighted by Crippen LogP contribution is 2.25. The standard InChI is InChI=1S/C11H13IO2/c1-11(2,10(13)14-3)8-5-4-6-9(12)7-8/h4-7H,1-3H3. The molecule has 0 bridgehead atoms. The van der Waals surface area contributed by atoms with E-state index in [1.54, 1.807) is 0 Å². The van der Waals surface area contributed by atoms with E-state index in [0.717, 1.165) is 9.13 Å². The molecule has 0 radical (unpaired) electrons. The molecule has 0 amide bonds. The van der Waals surface area contributed by atoms with Crippen molar-refractivity contribution in [1.82, 2.24) is 0 Å². The topological polar surface area (TPSA) is 26.3 Å². The molecular formula is C11H13IO2. The SMILES string of the molecule is COC(=O)C(C)(C)c1cccc(I)c1. The maximum Gasteiger partial charge on any atom is 0.315 e. The van der Waals surface area contributed by atoms with Crippen LogP contribution in [-0.4, -0.2) is 13.1 Å². The summed E-state index contributed by atoms with van der Waals surface area (Å²) in [6.07, 6.45) is 0. The molecule has 0 aliphatic heterocycles. The Morgan fingerprint density at radius 1 is 1.43 bits per heavy atom. The van der Waals surface area contributed by atoms with Gasteiger partial charge >= 0.3 is 5.97 Å². The monoisotopic (exact) mass is 304 g/mol. The molecule has 0 unspecified atom stereocenters. The smallest absolute Gasteiger partial charge is 0.315 e. The predicted molar refractivity (Wildman–Crippen MR) is 64.2 cm³/mol. The number of hydrogen-bond donors (Lipinski definition) is 0. The van der Waals surface area contributed by atoms with E-state index in [4.69, 9.17) is 4.74 Å². The van der Waals surface area contributed by atoms with Gasteiger partial charge in [0.25, 0.3) is 0 Å². The Labute approximate surface area is 97.8 Å². The van der Waals surface area contributed by atoms with Gasteiger partial charge < -0.3 is 4.74 Å². The van der Waals surface area contributed by atoms with Gasteiger partial charge in [0.2, 0.25) is 0 Å². The molecule has 14 heavy (non-hydrogen) atoms. The lowest BCUT2D eigenvalue weighted by atomic mass is 9.85. The van der Waals surface area contributed by atoms with Gasteiger partial charge in [-0.15, -0.1) is 0 Å². The molecule has 0 aliphatic carbocycles. The van der Waals surface area contributed by atoms with Crippen LogP contribution in [0.4, 0.5) is 0 Å². The van der Waals surface area contributed by atoms with E-state index < -0.39 is 5.41 Å². The van der Waals surface area contributed by atoms with Crippen molar-refractivity contribution in [3.8, 4) is 0 Å². The Morgan fingerprint density at radius 2 is 2.07 bits per heavy atom. The summed E-state index contributed by atoms with van der Waals surface area (Å²) in [4.78, 5) is 11.5. The summed E-state index contributed by atoms with van der Waals surface area (Å²) in [5.41, 5.74) is 0.409. The van der Waals surface area contributed by atoms with Gasteiger partial charge in [0.15, 0.2) is 0 Å². The molecule has 0 saturated heterocycles. The van der Waals surface area contributed by atoms with Crippen LogP contribution in [0.25, 0.3) is 0 Å².